The van der Waals surface area contributed by atoms with E-state index in [9.17, 15) is 8.78 Å². The van der Waals surface area contributed by atoms with Crippen LogP contribution in [0, 0.1) is 11.6 Å². The number of hydrogen-bond donors (Lipinski definition) is 1. The van der Waals surface area contributed by atoms with Gasteiger partial charge in [-0.2, -0.15) is 0 Å². The van der Waals surface area contributed by atoms with E-state index in [2.05, 4.69) is 0 Å². The molecule has 0 aliphatic heterocycles. The molecule has 1 aromatic rings. The minimum atomic E-state index is -0.656. The molecule has 14 heavy (non-hydrogen) atoms. The Bertz CT molecular complexity index is 305. The lowest BCUT2D eigenvalue weighted by molar-refractivity contribution is 0.403. The van der Waals surface area contributed by atoms with E-state index in [1.807, 2.05) is 0 Å². The predicted octanol–water partition coefficient (Wildman–Crippen LogP) is 2.38. The number of benzene rings is 1. The third-order valence-corrected chi connectivity index (χ3v) is 2.10. The third-order valence-electron chi connectivity index (χ3n) is 2.10. The number of nitrogens with two attached hydrogens (primary N) is 1. The topological polar surface area (TPSA) is 35.2 Å². The lowest BCUT2D eigenvalue weighted by Gasteiger charge is -2.12. The first kappa shape index (κ1) is 10.9. The van der Waals surface area contributed by atoms with E-state index < -0.39 is 17.7 Å². The summed E-state index contributed by atoms with van der Waals surface area (Å²) in [6, 6.07) is 1.66. The van der Waals surface area contributed by atoms with E-state index in [4.69, 9.17) is 10.5 Å². The van der Waals surface area contributed by atoms with Crippen LogP contribution in [0.1, 0.15) is 24.9 Å². The molecule has 0 heterocycles. The summed E-state index contributed by atoms with van der Waals surface area (Å²) in [5, 5.41) is 0. The maximum atomic E-state index is 13.3. The molecule has 1 rings (SSSR count). The highest BCUT2D eigenvalue weighted by Gasteiger charge is 2.16. The Hall–Kier alpha value is -1.16. The Morgan fingerprint density at radius 1 is 1.36 bits per heavy atom. The highest BCUT2D eigenvalue weighted by Crippen LogP contribution is 2.25. The van der Waals surface area contributed by atoms with Gasteiger partial charge in [0.05, 0.1) is 7.11 Å². The molecule has 0 aromatic heterocycles. The minimum absolute atomic E-state index is 0.0756. The van der Waals surface area contributed by atoms with Gasteiger partial charge in [0, 0.05) is 23.7 Å². The molecule has 0 fully saturated rings. The molecule has 78 valence electrons. The zero-order valence-corrected chi connectivity index (χ0v) is 8.18. The van der Waals surface area contributed by atoms with Gasteiger partial charge in [-0.05, 0) is 6.42 Å². The van der Waals surface area contributed by atoms with Crippen molar-refractivity contribution in [2.24, 2.45) is 5.73 Å². The molecule has 0 aliphatic carbocycles. The summed E-state index contributed by atoms with van der Waals surface area (Å²) < 4.78 is 31.4. The Balaban J connectivity index is 3.18. The van der Waals surface area contributed by atoms with Crippen molar-refractivity contribution in [1.29, 1.82) is 0 Å². The second-order valence-electron chi connectivity index (χ2n) is 3.02. The van der Waals surface area contributed by atoms with Crippen molar-refractivity contribution in [2.75, 3.05) is 7.11 Å². The Kier molecular flexibility index (Phi) is 3.41. The lowest BCUT2D eigenvalue weighted by Crippen LogP contribution is -2.13. The fourth-order valence-electron chi connectivity index (χ4n) is 1.24. The van der Waals surface area contributed by atoms with E-state index in [0.29, 0.717) is 6.42 Å². The van der Waals surface area contributed by atoms with Crippen LogP contribution in [-0.4, -0.2) is 7.11 Å². The minimum Gasteiger partial charge on any atom is -0.497 e. The van der Waals surface area contributed by atoms with Gasteiger partial charge in [-0.15, -0.1) is 0 Å². The zero-order valence-electron chi connectivity index (χ0n) is 8.18. The summed E-state index contributed by atoms with van der Waals surface area (Å²) in [6.07, 6.45) is 0.486. The van der Waals surface area contributed by atoms with E-state index in [1.54, 1.807) is 6.92 Å². The molecule has 1 unspecified atom stereocenters. The molecule has 2 nitrogen and oxygen atoms in total. The molecule has 0 aliphatic rings. The fraction of sp³-hybridized carbons (Fsp3) is 0.400. The summed E-state index contributed by atoms with van der Waals surface area (Å²) in [4.78, 5) is 0. The van der Waals surface area contributed by atoms with Crippen molar-refractivity contribution in [1.82, 2.24) is 0 Å². The van der Waals surface area contributed by atoms with E-state index in [-0.39, 0.29) is 11.3 Å². The first-order valence-electron chi connectivity index (χ1n) is 4.38. The first-order valence-corrected chi connectivity index (χ1v) is 4.38. The molecule has 0 spiro atoms. The van der Waals surface area contributed by atoms with Crippen molar-refractivity contribution < 1.29 is 13.5 Å². The van der Waals surface area contributed by atoms with Gasteiger partial charge in [0.25, 0.3) is 0 Å². The molecule has 4 heteroatoms. The van der Waals surface area contributed by atoms with Crippen molar-refractivity contribution in [3.8, 4) is 5.75 Å². The van der Waals surface area contributed by atoms with Crippen molar-refractivity contribution in [3.05, 3.63) is 29.3 Å². The Morgan fingerprint density at radius 3 is 2.21 bits per heavy atom. The molecule has 0 radical (unpaired) electrons. The first-order chi connectivity index (χ1) is 6.60. The number of halogens is 2. The van der Waals surface area contributed by atoms with Crippen LogP contribution in [-0.2, 0) is 0 Å². The molecule has 1 atom stereocenters. The van der Waals surface area contributed by atoms with Gasteiger partial charge in [-0.25, -0.2) is 8.78 Å². The van der Waals surface area contributed by atoms with Crippen LogP contribution in [0.3, 0.4) is 0 Å². The van der Waals surface area contributed by atoms with Gasteiger partial charge >= 0.3 is 0 Å². The quantitative estimate of drug-likeness (QED) is 0.814. The third kappa shape index (κ3) is 2.01. The number of hydrogen-bond acceptors (Lipinski definition) is 2. The zero-order chi connectivity index (χ0) is 10.7. The highest BCUT2D eigenvalue weighted by molar-refractivity contribution is 5.32. The monoisotopic (exact) mass is 201 g/mol. The van der Waals surface area contributed by atoms with E-state index in [0.717, 1.165) is 12.1 Å². The molecule has 0 saturated heterocycles. The molecule has 0 saturated carbocycles. The van der Waals surface area contributed by atoms with Crippen LogP contribution in [0.15, 0.2) is 12.1 Å². The summed E-state index contributed by atoms with van der Waals surface area (Å²) in [5.41, 5.74) is 5.49. The van der Waals surface area contributed by atoms with Crippen LogP contribution in [0.5, 0.6) is 5.75 Å². The van der Waals surface area contributed by atoms with Crippen LogP contribution < -0.4 is 10.5 Å². The summed E-state index contributed by atoms with van der Waals surface area (Å²) in [6.45, 7) is 1.77. The smallest absolute Gasteiger partial charge is 0.134 e. The number of ether oxygens (including phenoxy) is 1. The molecule has 1 aromatic carbocycles. The second-order valence-corrected chi connectivity index (χ2v) is 3.02. The number of rotatable bonds is 3. The van der Waals surface area contributed by atoms with Gasteiger partial charge in [-0.1, -0.05) is 6.92 Å². The molecule has 2 N–H and O–H groups in total. The maximum absolute atomic E-state index is 13.3. The van der Waals surface area contributed by atoms with Crippen molar-refractivity contribution >= 4 is 0 Å². The summed E-state index contributed by atoms with van der Waals surface area (Å²) in [5.74, 6) is -1.15. The van der Waals surface area contributed by atoms with Gasteiger partial charge in [0.15, 0.2) is 0 Å². The van der Waals surface area contributed by atoms with Gasteiger partial charge in [0.2, 0.25) is 0 Å². The second kappa shape index (κ2) is 4.37. The van der Waals surface area contributed by atoms with Gasteiger partial charge in [-0.3, -0.25) is 0 Å². The predicted molar refractivity (Wildman–Crippen MR) is 50.1 cm³/mol. The fourth-order valence-corrected chi connectivity index (χ4v) is 1.24. The standard InChI is InChI=1S/C10H13F2NO/c1-3-9(13)10-7(11)4-6(14-2)5-8(10)12/h4-5,9H,3,13H2,1-2H3. The largest absolute Gasteiger partial charge is 0.497 e. The highest BCUT2D eigenvalue weighted by atomic mass is 19.1. The average Bonchev–Trinajstić information content (AvgIpc) is 2.16. The van der Waals surface area contributed by atoms with E-state index >= 15 is 0 Å². The maximum Gasteiger partial charge on any atom is 0.134 e. The van der Waals surface area contributed by atoms with Crippen LogP contribution in [0.25, 0.3) is 0 Å². The van der Waals surface area contributed by atoms with Crippen LogP contribution in [0.4, 0.5) is 8.78 Å². The molecular weight excluding hydrogens is 188 g/mol. The number of methoxy groups -OCH3 is 1. The van der Waals surface area contributed by atoms with E-state index in [1.165, 1.54) is 7.11 Å². The SMILES string of the molecule is CCC(N)c1c(F)cc(OC)cc1F. The van der Waals surface area contributed by atoms with Crippen LogP contribution >= 0.6 is 0 Å². The summed E-state index contributed by atoms with van der Waals surface area (Å²) >= 11 is 0. The molecular formula is C10H13F2NO. The summed E-state index contributed by atoms with van der Waals surface area (Å²) in [7, 11) is 1.35. The molecule has 0 amide bonds. The normalized spacial score (nSPS) is 12.6. The van der Waals surface area contributed by atoms with Gasteiger partial charge in [0.1, 0.15) is 17.4 Å². The van der Waals surface area contributed by atoms with Crippen LogP contribution in [0.2, 0.25) is 0 Å². The average molecular weight is 201 g/mol. The molecule has 0 bridgehead atoms. The Morgan fingerprint density at radius 2 is 1.86 bits per heavy atom. The lowest BCUT2D eigenvalue weighted by atomic mass is 10.0. The van der Waals surface area contributed by atoms with Crippen molar-refractivity contribution in [3.63, 3.8) is 0 Å². The Labute approximate surface area is 81.7 Å². The van der Waals surface area contributed by atoms with Crippen molar-refractivity contribution in [2.45, 2.75) is 19.4 Å². The van der Waals surface area contributed by atoms with Gasteiger partial charge < -0.3 is 10.5 Å².